The van der Waals surface area contributed by atoms with Gasteiger partial charge in [0, 0.05) is 13.1 Å². The van der Waals surface area contributed by atoms with Crippen molar-refractivity contribution >= 4 is 5.91 Å². The van der Waals surface area contributed by atoms with Gasteiger partial charge in [-0.15, -0.1) is 0 Å². The van der Waals surface area contributed by atoms with Crippen LogP contribution in [-0.2, 0) is 4.79 Å². The third-order valence-electron chi connectivity index (χ3n) is 4.52. The predicted octanol–water partition coefficient (Wildman–Crippen LogP) is 2.75. The number of amides is 1. The molecule has 0 aromatic carbocycles. The first kappa shape index (κ1) is 13.9. The summed E-state index contributed by atoms with van der Waals surface area (Å²) in [4.78, 5) is 12.2. The van der Waals surface area contributed by atoms with Crippen LogP contribution in [0.25, 0.3) is 0 Å². The highest BCUT2D eigenvalue weighted by atomic mass is 16.2. The van der Waals surface area contributed by atoms with Crippen LogP contribution in [0.5, 0.6) is 0 Å². The molecular weight excluding hydrogens is 224 g/mol. The Labute approximate surface area is 111 Å². The zero-order valence-corrected chi connectivity index (χ0v) is 11.6. The lowest BCUT2D eigenvalue weighted by Crippen LogP contribution is -2.63. The minimum absolute atomic E-state index is 0.239. The van der Waals surface area contributed by atoms with Gasteiger partial charge in [-0.3, -0.25) is 4.79 Å². The Morgan fingerprint density at radius 3 is 1.72 bits per heavy atom. The van der Waals surface area contributed by atoms with E-state index in [0.29, 0.717) is 0 Å². The maximum Gasteiger partial charge on any atom is 0.240 e. The van der Waals surface area contributed by atoms with Crippen LogP contribution in [0.3, 0.4) is 0 Å². The molecule has 2 aliphatic rings. The summed E-state index contributed by atoms with van der Waals surface area (Å²) in [5.74, 6) is 0.255. The van der Waals surface area contributed by atoms with Crippen molar-refractivity contribution < 1.29 is 4.79 Å². The molecule has 0 aromatic rings. The Morgan fingerprint density at radius 2 is 1.22 bits per heavy atom. The monoisotopic (exact) mass is 252 g/mol. The normalized spacial score (nSPS) is 27.0. The molecular formula is C15H28N2O. The Kier molecular flexibility index (Phi) is 5.48. The lowest BCUT2D eigenvalue weighted by Gasteiger charge is -2.37. The number of nitrogens with one attached hydrogen (secondary N) is 2. The smallest absolute Gasteiger partial charge is 0.240 e. The molecule has 0 bridgehead atoms. The van der Waals surface area contributed by atoms with Crippen molar-refractivity contribution in [2.75, 3.05) is 13.1 Å². The molecule has 1 spiro atoms. The van der Waals surface area contributed by atoms with Gasteiger partial charge in [0.15, 0.2) is 0 Å². The van der Waals surface area contributed by atoms with E-state index in [2.05, 4.69) is 10.6 Å². The number of hydrogen-bond acceptors (Lipinski definition) is 2. The highest BCUT2D eigenvalue weighted by Crippen LogP contribution is 2.26. The molecule has 1 aliphatic heterocycles. The number of piperazine rings is 1. The van der Waals surface area contributed by atoms with Crippen LogP contribution in [-0.4, -0.2) is 24.5 Å². The highest BCUT2D eigenvalue weighted by Gasteiger charge is 2.38. The molecule has 0 aromatic heterocycles. The van der Waals surface area contributed by atoms with Crippen molar-refractivity contribution in [3.8, 4) is 0 Å². The summed E-state index contributed by atoms with van der Waals surface area (Å²) in [5, 5.41) is 6.58. The van der Waals surface area contributed by atoms with E-state index in [-0.39, 0.29) is 11.4 Å². The Morgan fingerprint density at radius 1 is 0.722 bits per heavy atom. The van der Waals surface area contributed by atoms with Gasteiger partial charge in [-0.2, -0.15) is 0 Å². The van der Waals surface area contributed by atoms with Crippen LogP contribution in [0, 0.1) is 0 Å². The maximum atomic E-state index is 12.2. The van der Waals surface area contributed by atoms with E-state index in [1.165, 1.54) is 57.8 Å². The molecule has 1 aliphatic carbocycles. The molecule has 0 radical (unpaired) electrons. The molecule has 1 saturated carbocycles. The summed E-state index contributed by atoms with van der Waals surface area (Å²) in [5.41, 5.74) is -0.239. The van der Waals surface area contributed by atoms with Gasteiger partial charge < -0.3 is 10.6 Å². The molecule has 3 heteroatoms. The minimum atomic E-state index is -0.239. The molecule has 2 rings (SSSR count). The van der Waals surface area contributed by atoms with Gasteiger partial charge in [0.05, 0.1) is 5.54 Å². The second kappa shape index (κ2) is 7.13. The zero-order chi connectivity index (χ0) is 12.7. The lowest BCUT2D eigenvalue weighted by atomic mass is 9.83. The summed E-state index contributed by atoms with van der Waals surface area (Å²) < 4.78 is 0. The van der Waals surface area contributed by atoms with Gasteiger partial charge in [0.25, 0.3) is 0 Å². The Hall–Kier alpha value is -0.570. The molecule has 0 unspecified atom stereocenters. The van der Waals surface area contributed by atoms with Gasteiger partial charge in [0.1, 0.15) is 0 Å². The SMILES string of the molecule is O=C1NCCNC12CCCCCCCCCCC2. The van der Waals surface area contributed by atoms with Gasteiger partial charge >= 0.3 is 0 Å². The van der Waals surface area contributed by atoms with Crippen molar-refractivity contribution in [2.24, 2.45) is 0 Å². The van der Waals surface area contributed by atoms with Crippen molar-refractivity contribution in [1.82, 2.24) is 10.6 Å². The minimum Gasteiger partial charge on any atom is -0.353 e. The summed E-state index contributed by atoms with van der Waals surface area (Å²) in [6, 6.07) is 0. The van der Waals surface area contributed by atoms with E-state index < -0.39 is 0 Å². The predicted molar refractivity (Wildman–Crippen MR) is 74.5 cm³/mol. The fraction of sp³-hybridized carbons (Fsp3) is 0.933. The number of carbonyl (C=O) groups excluding carboxylic acids is 1. The van der Waals surface area contributed by atoms with E-state index in [4.69, 9.17) is 0 Å². The summed E-state index contributed by atoms with van der Waals surface area (Å²) in [6.07, 6.45) is 13.9. The Balaban J connectivity index is 1.93. The van der Waals surface area contributed by atoms with Crippen LogP contribution in [0.4, 0.5) is 0 Å². The molecule has 1 heterocycles. The molecule has 18 heavy (non-hydrogen) atoms. The van der Waals surface area contributed by atoms with Gasteiger partial charge in [0.2, 0.25) is 5.91 Å². The molecule has 0 atom stereocenters. The molecule has 104 valence electrons. The fourth-order valence-electron chi connectivity index (χ4n) is 3.35. The average molecular weight is 252 g/mol. The highest BCUT2D eigenvalue weighted by molar-refractivity contribution is 5.87. The van der Waals surface area contributed by atoms with Crippen molar-refractivity contribution in [2.45, 2.75) is 76.2 Å². The van der Waals surface area contributed by atoms with Gasteiger partial charge in [-0.1, -0.05) is 57.8 Å². The largest absolute Gasteiger partial charge is 0.353 e. The summed E-state index contributed by atoms with van der Waals surface area (Å²) in [6.45, 7) is 1.73. The van der Waals surface area contributed by atoms with E-state index in [1.807, 2.05) is 0 Å². The third kappa shape index (κ3) is 3.71. The van der Waals surface area contributed by atoms with Gasteiger partial charge in [-0.05, 0) is 12.8 Å². The first-order chi connectivity index (χ1) is 8.83. The standard InChI is InChI=1S/C15H28N2O/c18-14-15(17-13-12-16-14)10-8-6-4-2-1-3-5-7-9-11-15/h17H,1-13H2,(H,16,18). The molecule has 3 nitrogen and oxygen atoms in total. The number of carbonyl (C=O) groups is 1. The summed E-state index contributed by atoms with van der Waals surface area (Å²) >= 11 is 0. The molecule has 1 saturated heterocycles. The van der Waals surface area contributed by atoms with E-state index in [0.717, 1.165) is 25.9 Å². The average Bonchev–Trinajstić information content (AvgIpc) is 2.37. The maximum absolute atomic E-state index is 12.2. The van der Waals surface area contributed by atoms with E-state index >= 15 is 0 Å². The van der Waals surface area contributed by atoms with Crippen molar-refractivity contribution in [1.29, 1.82) is 0 Å². The lowest BCUT2D eigenvalue weighted by molar-refractivity contribution is -0.130. The molecule has 2 N–H and O–H groups in total. The Bertz CT molecular complexity index is 253. The molecule has 2 fully saturated rings. The fourth-order valence-corrected chi connectivity index (χ4v) is 3.35. The topological polar surface area (TPSA) is 41.1 Å². The quantitative estimate of drug-likeness (QED) is 0.696. The van der Waals surface area contributed by atoms with E-state index in [9.17, 15) is 4.79 Å². The second-order valence-corrected chi connectivity index (χ2v) is 5.95. The van der Waals surface area contributed by atoms with Crippen LogP contribution < -0.4 is 10.6 Å². The van der Waals surface area contributed by atoms with Crippen LogP contribution in [0.15, 0.2) is 0 Å². The van der Waals surface area contributed by atoms with Crippen LogP contribution in [0.2, 0.25) is 0 Å². The van der Waals surface area contributed by atoms with Crippen LogP contribution in [0.1, 0.15) is 70.6 Å². The number of hydrogen-bond donors (Lipinski definition) is 2. The van der Waals surface area contributed by atoms with E-state index in [1.54, 1.807) is 0 Å². The van der Waals surface area contributed by atoms with Crippen LogP contribution >= 0.6 is 0 Å². The van der Waals surface area contributed by atoms with Gasteiger partial charge in [-0.25, -0.2) is 0 Å². The first-order valence-electron chi connectivity index (χ1n) is 7.87. The van der Waals surface area contributed by atoms with Crippen molar-refractivity contribution in [3.63, 3.8) is 0 Å². The first-order valence-corrected chi connectivity index (χ1v) is 7.87. The van der Waals surface area contributed by atoms with Crippen molar-refractivity contribution in [3.05, 3.63) is 0 Å². The molecule has 1 amide bonds. The third-order valence-corrected chi connectivity index (χ3v) is 4.52. The second-order valence-electron chi connectivity index (χ2n) is 5.95. The number of rotatable bonds is 0. The summed E-state index contributed by atoms with van der Waals surface area (Å²) in [7, 11) is 0. The zero-order valence-electron chi connectivity index (χ0n) is 11.6.